The SMILES string of the molecule is CCCOCC(=O)NCC1NCCCC1(C)C.Cl. The fourth-order valence-electron chi connectivity index (χ4n) is 2.20. The van der Waals surface area contributed by atoms with Crippen LogP contribution in [0, 0.1) is 5.41 Å². The third-order valence-corrected chi connectivity index (χ3v) is 3.42. The molecule has 1 aliphatic rings. The van der Waals surface area contributed by atoms with Crippen LogP contribution in [0.2, 0.25) is 0 Å². The number of piperidine rings is 1. The standard InChI is InChI=1S/C13H26N2O2.ClH/c1-4-8-17-10-12(16)15-9-11-13(2,3)6-5-7-14-11;/h11,14H,4-10H2,1-3H3,(H,15,16);1H. The van der Waals surface area contributed by atoms with Gasteiger partial charge in [0, 0.05) is 19.2 Å². The highest BCUT2D eigenvalue weighted by molar-refractivity contribution is 5.85. The minimum atomic E-state index is -0.0124. The van der Waals surface area contributed by atoms with Crippen molar-refractivity contribution in [2.45, 2.75) is 46.1 Å². The van der Waals surface area contributed by atoms with Crippen LogP contribution in [-0.2, 0) is 9.53 Å². The van der Waals surface area contributed by atoms with E-state index in [0.717, 1.165) is 13.0 Å². The molecule has 0 spiro atoms. The molecule has 0 aromatic rings. The van der Waals surface area contributed by atoms with E-state index in [0.29, 0.717) is 19.2 Å². The van der Waals surface area contributed by atoms with Gasteiger partial charge in [0.1, 0.15) is 6.61 Å². The molecule has 18 heavy (non-hydrogen) atoms. The Morgan fingerprint density at radius 1 is 1.50 bits per heavy atom. The van der Waals surface area contributed by atoms with E-state index in [4.69, 9.17) is 4.74 Å². The molecular weight excluding hydrogens is 252 g/mol. The lowest BCUT2D eigenvalue weighted by molar-refractivity contribution is -0.125. The first-order chi connectivity index (χ1) is 8.06. The molecule has 1 atom stereocenters. The largest absolute Gasteiger partial charge is 0.372 e. The minimum absolute atomic E-state index is 0. The van der Waals surface area contributed by atoms with Gasteiger partial charge in [-0.05, 0) is 31.2 Å². The Labute approximate surface area is 117 Å². The Balaban J connectivity index is 0.00000289. The average Bonchev–Trinajstić information content (AvgIpc) is 2.27. The van der Waals surface area contributed by atoms with Crippen molar-refractivity contribution in [3.8, 4) is 0 Å². The van der Waals surface area contributed by atoms with Crippen LogP contribution in [0.25, 0.3) is 0 Å². The van der Waals surface area contributed by atoms with Gasteiger partial charge in [0.05, 0.1) is 0 Å². The molecule has 1 rings (SSSR count). The molecule has 2 N–H and O–H groups in total. The lowest BCUT2D eigenvalue weighted by Gasteiger charge is -2.39. The Morgan fingerprint density at radius 2 is 2.22 bits per heavy atom. The van der Waals surface area contributed by atoms with Gasteiger partial charge in [0.25, 0.3) is 0 Å². The summed E-state index contributed by atoms with van der Waals surface area (Å²) in [6.45, 7) is 9.12. The molecular formula is C13H27ClN2O2. The van der Waals surface area contributed by atoms with E-state index in [9.17, 15) is 4.79 Å². The molecule has 108 valence electrons. The number of hydrogen-bond acceptors (Lipinski definition) is 3. The molecule has 1 fully saturated rings. The van der Waals surface area contributed by atoms with E-state index in [-0.39, 0.29) is 30.3 Å². The van der Waals surface area contributed by atoms with Crippen molar-refractivity contribution in [3.05, 3.63) is 0 Å². The van der Waals surface area contributed by atoms with E-state index in [1.807, 2.05) is 6.92 Å². The van der Waals surface area contributed by atoms with Gasteiger partial charge in [0.15, 0.2) is 0 Å². The number of hydrogen-bond donors (Lipinski definition) is 2. The van der Waals surface area contributed by atoms with Crippen molar-refractivity contribution in [2.75, 3.05) is 26.3 Å². The maximum Gasteiger partial charge on any atom is 0.246 e. The third kappa shape index (κ3) is 6.03. The van der Waals surface area contributed by atoms with Crippen molar-refractivity contribution >= 4 is 18.3 Å². The van der Waals surface area contributed by atoms with Crippen LogP contribution in [0.3, 0.4) is 0 Å². The summed E-state index contributed by atoms with van der Waals surface area (Å²) in [4.78, 5) is 11.5. The first kappa shape index (κ1) is 17.7. The smallest absolute Gasteiger partial charge is 0.246 e. The number of nitrogens with one attached hydrogen (secondary N) is 2. The lowest BCUT2D eigenvalue weighted by Crippen LogP contribution is -2.53. The molecule has 0 saturated carbocycles. The normalized spacial score (nSPS) is 22.1. The summed E-state index contributed by atoms with van der Waals surface area (Å²) < 4.78 is 5.20. The molecule has 1 heterocycles. The van der Waals surface area contributed by atoms with Gasteiger partial charge in [-0.25, -0.2) is 0 Å². The van der Waals surface area contributed by atoms with Gasteiger partial charge >= 0.3 is 0 Å². The van der Waals surface area contributed by atoms with Crippen LogP contribution >= 0.6 is 12.4 Å². The highest BCUT2D eigenvalue weighted by Gasteiger charge is 2.31. The van der Waals surface area contributed by atoms with E-state index in [2.05, 4.69) is 24.5 Å². The number of carbonyl (C=O) groups is 1. The maximum atomic E-state index is 11.5. The zero-order chi connectivity index (χ0) is 12.7. The summed E-state index contributed by atoms with van der Waals surface area (Å²) in [6.07, 6.45) is 3.38. The van der Waals surface area contributed by atoms with Crippen molar-refractivity contribution in [1.29, 1.82) is 0 Å². The predicted octanol–water partition coefficient (Wildman–Crippen LogP) is 1.73. The van der Waals surface area contributed by atoms with Gasteiger partial charge in [-0.15, -0.1) is 12.4 Å². The zero-order valence-electron chi connectivity index (χ0n) is 11.8. The lowest BCUT2D eigenvalue weighted by atomic mass is 9.77. The van der Waals surface area contributed by atoms with Crippen LogP contribution in [0.1, 0.15) is 40.0 Å². The summed E-state index contributed by atoms with van der Waals surface area (Å²) in [5, 5.41) is 6.42. The van der Waals surface area contributed by atoms with Crippen LogP contribution in [0.4, 0.5) is 0 Å². The molecule has 0 aromatic carbocycles. The van der Waals surface area contributed by atoms with Crippen LogP contribution < -0.4 is 10.6 Å². The molecule has 0 aliphatic carbocycles. The quantitative estimate of drug-likeness (QED) is 0.728. The highest BCUT2D eigenvalue weighted by Crippen LogP contribution is 2.29. The van der Waals surface area contributed by atoms with E-state index in [1.165, 1.54) is 12.8 Å². The fourth-order valence-corrected chi connectivity index (χ4v) is 2.20. The molecule has 1 amide bonds. The summed E-state index contributed by atoms with van der Waals surface area (Å²) in [5.41, 5.74) is 0.260. The van der Waals surface area contributed by atoms with Crippen molar-refractivity contribution < 1.29 is 9.53 Å². The number of rotatable bonds is 6. The summed E-state index contributed by atoms with van der Waals surface area (Å²) in [5.74, 6) is -0.0124. The average molecular weight is 279 g/mol. The Hall–Kier alpha value is -0.320. The highest BCUT2D eigenvalue weighted by atomic mass is 35.5. The number of ether oxygens (including phenoxy) is 1. The molecule has 1 saturated heterocycles. The first-order valence-electron chi connectivity index (χ1n) is 6.64. The van der Waals surface area contributed by atoms with Crippen molar-refractivity contribution in [3.63, 3.8) is 0 Å². The second-order valence-corrected chi connectivity index (χ2v) is 5.46. The Bertz CT molecular complexity index is 247. The molecule has 1 aliphatic heterocycles. The number of halogens is 1. The van der Waals surface area contributed by atoms with Crippen LogP contribution in [0.15, 0.2) is 0 Å². The van der Waals surface area contributed by atoms with E-state index < -0.39 is 0 Å². The molecule has 4 nitrogen and oxygen atoms in total. The Morgan fingerprint density at radius 3 is 2.83 bits per heavy atom. The van der Waals surface area contributed by atoms with Gasteiger partial charge in [-0.3, -0.25) is 4.79 Å². The van der Waals surface area contributed by atoms with Crippen LogP contribution in [0.5, 0.6) is 0 Å². The topological polar surface area (TPSA) is 50.4 Å². The summed E-state index contributed by atoms with van der Waals surface area (Å²) in [6, 6.07) is 0.367. The summed E-state index contributed by atoms with van der Waals surface area (Å²) >= 11 is 0. The van der Waals surface area contributed by atoms with Gasteiger partial charge in [-0.1, -0.05) is 20.8 Å². The second kappa shape index (κ2) is 8.73. The molecule has 0 bridgehead atoms. The zero-order valence-corrected chi connectivity index (χ0v) is 12.6. The number of carbonyl (C=O) groups excluding carboxylic acids is 1. The van der Waals surface area contributed by atoms with Crippen LogP contribution in [-0.4, -0.2) is 38.3 Å². The summed E-state index contributed by atoms with van der Waals surface area (Å²) in [7, 11) is 0. The van der Waals surface area contributed by atoms with Gasteiger partial charge in [0.2, 0.25) is 5.91 Å². The van der Waals surface area contributed by atoms with E-state index in [1.54, 1.807) is 0 Å². The fraction of sp³-hybridized carbons (Fsp3) is 0.923. The third-order valence-electron chi connectivity index (χ3n) is 3.42. The molecule has 5 heteroatoms. The molecule has 0 aromatic heterocycles. The van der Waals surface area contributed by atoms with Crippen molar-refractivity contribution in [1.82, 2.24) is 10.6 Å². The molecule has 1 unspecified atom stereocenters. The second-order valence-electron chi connectivity index (χ2n) is 5.46. The maximum absolute atomic E-state index is 11.5. The monoisotopic (exact) mass is 278 g/mol. The van der Waals surface area contributed by atoms with Gasteiger partial charge in [-0.2, -0.15) is 0 Å². The molecule has 0 radical (unpaired) electrons. The van der Waals surface area contributed by atoms with E-state index >= 15 is 0 Å². The minimum Gasteiger partial charge on any atom is -0.372 e. The first-order valence-corrected chi connectivity index (χ1v) is 6.64. The van der Waals surface area contributed by atoms with Crippen molar-refractivity contribution in [2.24, 2.45) is 5.41 Å². The van der Waals surface area contributed by atoms with Gasteiger partial charge < -0.3 is 15.4 Å². The number of amides is 1. The Kier molecular flexibility index (Phi) is 8.57. The predicted molar refractivity (Wildman–Crippen MR) is 76.2 cm³/mol.